The fourth-order valence-corrected chi connectivity index (χ4v) is 2.03. The van der Waals surface area contributed by atoms with Gasteiger partial charge < -0.3 is 10.6 Å². The first-order chi connectivity index (χ1) is 9.15. The highest BCUT2D eigenvalue weighted by Crippen LogP contribution is 2.27. The molecule has 0 atom stereocenters. The highest BCUT2D eigenvalue weighted by atomic mass is 19.1. The van der Waals surface area contributed by atoms with Crippen molar-refractivity contribution >= 4 is 11.4 Å². The molecule has 0 amide bonds. The van der Waals surface area contributed by atoms with E-state index < -0.39 is 0 Å². The molecule has 0 saturated carbocycles. The van der Waals surface area contributed by atoms with E-state index >= 15 is 0 Å². The molecule has 0 heterocycles. The van der Waals surface area contributed by atoms with Crippen molar-refractivity contribution in [2.75, 3.05) is 11.4 Å². The van der Waals surface area contributed by atoms with Gasteiger partial charge in [0.25, 0.3) is 0 Å². The summed E-state index contributed by atoms with van der Waals surface area (Å²) in [6.07, 6.45) is 0. The van der Waals surface area contributed by atoms with E-state index in [1.165, 1.54) is 18.2 Å². The molecule has 0 spiro atoms. The fraction of sp³-hybridized carbons (Fsp3) is 0.200. The standard InChI is InChI=1S/C15H16F2N2/c1-2-19(13-5-3-4-12(16)8-13)14-7-6-11(10-18)15(17)9-14/h3-9H,2,10,18H2,1H3. The number of nitrogens with zero attached hydrogens (tertiary/aromatic N) is 1. The Labute approximate surface area is 111 Å². The summed E-state index contributed by atoms with van der Waals surface area (Å²) in [6, 6.07) is 11.1. The molecular formula is C15H16F2N2. The Morgan fingerprint density at radius 3 is 2.37 bits per heavy atom. The van der Waals surface area contributed by atoms with Crippen molar-refractivity contribution in [3.05, 3.63) is 59.7 Å². The van der Waals surface area contributed by atoms with E-state index in [0.29, 0.717) is 23.5 Å². The highest BCUT2D eigenvalue weighted by molar-refractivity contribution is 5.63. The van der Waals surface area contributed by atoms with E-state index in [0.717, 1.165) is 0 Å². The Morgan fingerprint density at radius 1 is 1.05 bits per heavy atom. The topological polar surface area (TPSA) is 29.3 Å². The lowest BCUT2D eigenvalue weighted by atomic mass is 10.1. The van der Waals surface area contributed by atoms with Crippen molar-refractivity contribution in [3.63, 3.8) is 0 Å². The lowest BCUT2D eigenvalue weighted by molar-refractivity contribution is 0.610. The van der Waals surface area contributed by atoms with E-state index in [-0.39, 0.29) is 18.2 Å². The van der Waals surface area contributed by atoms with E-state index in [2.05, 4.69) is 0 Å². The fourth-order valence-electron chi connectivity index (χ4n) is 2.03. The molecule has 2 rings (SSSR count). The maximum atomic E-state index is 13.8. The molecule has 0 aliphatic carbocycles. The van der Waals surface area contributed by atoms with Gasteiger partial charge in [-0.05, 0) is 37.3 Å². The number of rotatable bonds is 4. The molecule has 0 aliphatic rings. The lowest BCUT2D eigenvalue weighted by Gasteiger charge is -2.23. The number of halogens is 2. The van der Waals surface area contributed by atoms with Crippen LogP contribution in [-0.4, -0.2) is 6.54 Å². The van der Waals surface area contributed by atoms with Crippen LogP contribution in [0.3, 0.4) is 0 Å². The molecule has 0 unspecified atom stereocenters. The van der Waals surface area contributed by atoms with Crippen molar-refractivity contribution in [3.8, 4) is 0 Å². The maximum absolute atomic E-state index is 13.8. The molecule has 0 aliphatic heterocycles. The molecule has 0 radical (unpaired) electrons. The summed E-state index contributed by atoms with van der Waals surface area (Å²) in [5.74, 6) is -0.648. The minimum absolute atomic E-state index is 0.165. The first-order valence-electron chi connectivity index (χ1n) is 6.17. The van der Waals surface area contributed by atoms with Gasteiger partial charge in [-0.25, -0.2) is 8.78 Å². The van der Waals surface area contributed by atoms with Crippen LogP contribution in [0.15, 0.2) is 42.5 Å². The number of hydrogen-bond donors (Lipinski definition) is 1. The van der Waals surface area contributed by atoms with E-state index in [9.17, 15) is 8.78 Å². The van der Waals surface area contributed by atoms with E-state index in [1.807, 2.05) is 11.8 Å². The van der Waals surface area contributed by atoms with Crippen LogP contribution in [0, 0.1) is 11.6 Å². The monoisotopic (exact) mass is 262 g/mol. The van der Waals surface area contributed by atoms with Crippen molar-refractivity contribution in [2.24, 2.45) is 5.73 Å². The van der Waals surface area contributed by atoms with Gasteiger partial charge in [-0.1, -0.05) is 12.1 Å². The summed E-state index contributed by atoms with van der Waals surface area (Å²) in [6.45, 7) is 2.71. The average Bonchev–Trinajstić information content (AvgIpc) is 2.40. The van der Waals surface area contributed by atoms with Gasteiger partial charge >= 0.3 is 0 Å². The van der Waals surface area contributed by atoms with Crippen LogP contribution in [0.1, 0.15) is 12.5 Å². The van der Waals surface area contributed by atoms with Gasteiger partial charge in [-0.3, -0.25) is 0 Å². The van der Waals surface area contributed by atoms with Crippen molar-refractivity contribution < 1.29 is 8.78 Å². The summed E-state index contributed by atoms with van der Waals surface area (Å²) < 4.78 is 27.0. The Bertz CT molecular complexity index is 570. The predicted octanol–water partition coefficient (Wildman–Crippen LogP) is 3.58. The zero-order chi connectivity index (χ0) is 13.8. The van der Waals surface area contributed by atoms with E-state index in [4.69, 9.17) is 5.73 Å². The van der Waals surface area contributed by atoms with Crippen molar-refractivity contribution in [2.45, 2.75) is 13.5 Å². The third kappa shape index (κ3) is 2.90. The second-order valence-corrected chi connectivity index (χ2v) is 4.20. The molecule has 2 aromatic rings. The van der Waals surface area contributed by atoms with Gasteiger partial charge in [0.2, 0.25) is 0 Å². The highest BCUT2D eigenvalue weighted by Gasteiger charge is 2.10. The summed E-state index contributed by atoms with van der Waals surface area (Å²) in [5.41, 5.74) is 7.29. The Balaban J connectivity index is 2.39. The van der Waals surface area contributed by atoms with Gasteiger partial charge in [-0.2, -0.15) is 0 Å². The molecule has 4 heteroatoms. The molecule has 0 bridgehead atoms. The third-order valence-electron chi connectivity index (χ3n) is 3.00. The maximum Gasteiger partial charge on any atom is 0.129 e. The van der Waals surface area contributed by atoms with Crippen LogP contribution in [-0.2, 0) is 6.54 Å². The molecule has 0 fully saturated rings. The van der Waals surface area contributed by atoms with Crippen LogP contribution in [0.25, 0.3) is 0 Å². The Hall–Kier alpha value is -1.94. The van der Waals surface area contributed by atoms with Gasteiger partial charge in [0.15, 0.2) is 0 Å². The molecule has 0 aromatic heterocycles. The first kappa shape index (κ1) is 13.5. The van der Waals surface area contributed by atoms with Crippen LogP contribution < -0.4 is 10.6 Å². The van der Waals surface area contributed by atoms with Crippen LogP contribution in [0.4, 0.5) is 20.2 Å². The molecule has 2 N–H and O–H groups in total. The van der Waals surface area contributed by atoms with Crippen molar-refractivity contribution in [1.82, 2.24) is 0 Å². The molecular weight excluding hydrogens is 246 g/mol. The average molecular weight is 262 g/mol. The Kier molecular flexibility index (Phi) is 4.12. The van der Waals surface area contributed by atoms with Gasteiger partial charge in [0, 0.05) is 30.0 Å². The SMILES string of the molecule is CCN(c1cccc(F)c1)c1ccc(CN)c(F)c1. The molecule has 2 aromatic carbocycles. The summed E-state index contributed by atoms with van der Waals surface area (Å²) in [7, 11) is 0. The summed E-state index contributed by atoms with van der Waals surface area (Å²) >= 11 is 0. The minimum atomic E-state index is -0.338. The first-order valence-corrected chi connectivity index (χ1v) is 6.17. The van der Waals surface area contributed by atoms with Gasteiger partial charge in [-0.15, -0.1) is 0 Å². The van der Waals surface area contributed by atoms with Gasteiger partial charge in [0.05, 0.1) is 0 Å². The number of anilines is 2. The molecule has 0 saturated heterocycles. The van der Waals surface area contributed by atoms with Crippen LogP contribution in [0.5, 0.6) is 0 Å². The number of benzene rings is 2. The minimum Gasteiger partial charge on any atom is -0.342 e. The summed E-state index contributed by atoms with van der Waals surface area (Å²) in [5, 5.41) is 0. The normalized spacial score (nSPS) is 10.5. The van der Waals surface area contributed by atoms with Crippen molar-refractivity contribution in [1.29, 1.82) is 0 Å². The second-order valence-electron chi connectivity index (χ2n) is 4.20. The zero-order valence-corrected chi connectivity index (χ0v) is 10.7. The Morgan fingerprint density at radius 2 is 1.79 bits per heavy atom. The lowest BCUT2D eigenvalue weighted by Crippen LogP contribution is -2.16. The van der Waals surface area contributed by atoms with Gasteiger partial charge in [0.1, 0.15) is 11.6 Å². The smallest absolute Gasteiger partial charge is 0.129 e. The molecule has 19 heavy (non-hydrogen) atoms. The number of hydrogen-bond acceptors (Lipinski definition) is 2. The number of nitrogens with two attached hydrogens (primary N) is 1. The van der Waals surface area contributed by atoms with Crippen LogP contribution in [0.2, 0.25) is 0 Å². The quantitative estimate of drug-likeness (QED) is 0.912. The third-order valence-corrected chi connectivity index (χ3v) is 3.00. The summed E-state index contributed by atoms with van der Waals surface area (Å²) in [4.78, 5) is 1.84. The van der Waals surface area contributed by atoms with Crippen LogP contribution >= 0.6 is 0 Å². The zero-order valence-electron chi connectivity index (χ0n) is 10.7. The largest absolute Gasteiger partial charge is 0.342 e. The van der Waals surface area contributed by atoms with E-state index in [1.54, 1.807) is 24.3 Å². The second kappa shape index (κ2) is 5.80. The molecule has 2 nitrogen and oxygen atoms in total. The molecule has 100 valence electrons. The predicted molar refractivity (Wildman–Crippen MR) is 73.4 cm³/mol.